The van der Waals surface area contributed by atoms with E-state index < -0.39 is 0 Å². The van der Waals surface area contributed by atoms with Crippen LogP contribution in [0.5, 0.6) is 0 Å². The van der Waals surface area contributed by atoms with E-state index in [1.54, 1.807) is 6.08 Å². The van der Waals surface area contributed by atoms with Gasteiger partial charge in [0.15, 0.2) is 5.78 Å². The maximum atomic E-state index is 12.1. The Labute approximate surface area is 120 Å². The highest BCUT2D eigenvalue weighted by molar-refractivity contribution is 9.10. The van der Waals surface area contributed by atoms with Crippen LogP contribution in [0.15, 0.2) is 59.1 Å². The van der Waals surface area contributed by atoms with Gasteiger partial charge in [0.05, 0.1) is 0 Å². The first-order valence-electron chi connectivity index (χ1n) is 6.04. The van der Waals surface area contributed by atoms with Crippen molar-refractivity contribution < 1.29 is 4.79 Å². The lowest BCUT2D eigenvalue weighted by Gasteiger charge is -2.13. The van der Waals surface area contributed by atoms with E-state index in [4.69, 9.17) is 0 Å². The van der Waals surface area contributed by atoms with Crippen molar-refractivity contribution in [1.29, 1.82) is 0 Å². The monoisotopic (exact) mass is 310 g/mol. The number of fused-ring (bicyclic) bond motifs is 1. The first kappa shape index (κ1) is 12.1. The lowest BCUT2D eigenvalue weighted by atomic mass is 9.90. The summed E-state index contributed by atoms with van der Waals surface area (Å²) in [4.78, 5) is 12.1. The van der Waals surface area contributed by atoms with Crippen LogP contribution in [0.1, 0.15) is 16.7 Å². The molecule has 1 aliphatic rings. The summed E-state index contributed by atoms with van der Waals surface area (Å²) in [7, 11) is 0. The Morgan fingerprint density at radius 2 is 1.63 bits per heavy atom. The molecule has 2 heteroatoms. The van der Waals surface area contributed by atoms with Crippen molar-refractivity contribution in [2.75, 3.05) is 0 Å². The molecule has 92 valence electrons. The molecule has 1 aliphatic carbocycles. The Morgan fingerprint density at radius 1 is 0.895 bits per heavy atom. The molecule has 0 N–H and O–H groups in total. The maximum Gasteiger partial charge on any atom is 0.186 e. The molecule has 0 heterocycles. The van der Waals surface area contributed by atoms with Crippen molar-refractivity contribution in [3.8, 4) is 0 Å². The number of halogens is 1. The summed E-state index contributed by atoms with van der Waals surface area (Å²) in [6.45, 7) is 0. The van der Waals surface area contributed by atoms with E-state index in [1.807, 2.05) is 60.7 Å². The third-order valence-corrected chi connectivity index (χ3v) is 3.86. The van der Waals surface area contributed by atoms with Crippen LogP contribution in [-0.4, -0.2) is 5.78 Å². The minimum Gasteiger partial charge on any atom is -0.289 e. The van der Waals surface area contributed by atoms with Crippen molar-refractivity contribution in [3.05, 3.63) is 75.8 Å². The number of benzene rings is 2. The van der Waals surface area contributed by atoms with Crippen LogP contribution >= 0.6 is 15.9 Å². The Bertz CT molecular complexity index is 711. The van der Waals surface area contributed by atoms with Crippen molar-refractivity contribution in [1.82, 2.24) is 0 Å². The fourth-order valence-corrected chi connectivity index (χ4v) is 2.57. The standard InChI is InChI=1S/C17H11BrO/c18-16-8-4-2-6-13(16)11-15-14-7-3-1-5-12(14)9-10-17(15)19/h1-11H/b15-11+. The number of hydrogen-bond acceptors (Lipinski definition) is 1. The molecule has 0 aromatic heterocycles. The van der Waals surface area contributed by atoms with E-state index in [1.165, 1.54) is 0 Å². The quantitative estimate of drug-likeness (QED) is 0.704. The molecule has 0 saturated heterocycles. The largest absolute Gasteiger partial charge is 0.289 e. The van der Waals surface area contributed by atoms with Crippen LogP contribution < -0.4 is 0 Å². The van der Waals surface area contributed by atoms with Gasteiger partial charge in [-0.2, -0.15) is 0 Å². The van der Waals surface area contributed by atoms with Crippen LogP contribution in [0, 0.1) is 0 Å². The molecular weight excluding hydrogens is 300 g/mol. The molecule has 0 saturated carbocycles. The molecule has 19 heavy (non-hydrogen) atoms. The number of carbonyl (C=O) groups is 1. The Balaban J connectivity index is 2.17. The smallest absolute Gasteiger partial charge is 0.186 e. The van der Waals surface area contributed by atoms with E-state index in [9.17, 15) is 4.79 Å². The zero-order valence-corrected chi connectivity index (χ0v) is 11.7. The van der Waals surface area contributed by atoms with E-state index in [2.05, 4.69) is 15.9 Å². The molecule has 3 rings (SSSR count). The van der Waals surface area contributed by atoms with Gasteiger partial charge in [0.2, 0.25) is 0 Å². The minimum absolute atomic E-state index is 0.0504. The second-order valence-corrected chi connectivity index (χ2v) is 5.22. The van der Waals surface area contributed by atoms with Gasteiger partial charge in [-0.05, 0) is 34.9 Å². The summed E-state index contributed by atoms with van der Waals surface area (Å²) in [5.41, 5.74) is 3.83. The second-order valence-electron chi connectivity index (χ2n) is 4.36. The average molecular weight is 311 g/mol. The molecule has 0 atom stereocenters. The summed E-state index contributed by atoms with van der Waals surface area (Å²) in [5.74, 6) is 0.0504. The fraction of sp³-hybridized carbons (Fsp3) is 0. The number of ketones is 1. The van der Waals surface area contributed by atoms with Gasteiger partial charge in [-0.25, -0.2) is 0 Å². The third-order valence-electron chi connectivity index (χ3n) is 3.14. The van der Waals surface area contributed by atoms with Gasteiger partial charge in [-0.1, -0.05) is 64.5 Å². The van der Waals surface area contributed by atoms with Crippen molar-refractivity contribution in [2.24, 2.45) is 0 Å². The van der Waals surface area contributed by atoms with Crippen molar-refractivity contribution >= 4 is 39.4 Å². The van der Waals surface area contributed by atoms with Crippen LogP contribution in [0.25, 0.3) is 17.7 Å². The summed E-state index contributed by atoms with van der Waals surface area (Å²) in [5, 5.41) is 0. The fourth-order valence-electron chi connectivity index (χ4n) is 2.17. The van der Waals surface area contributed by atoms with Gasteiger partial charge in [-0.3, -0.25) is 4.79 Å². The van der Waals surface area contributed by atoms with E-state index >= 15 is 0 Å². The van der Waals surface area contributed by atoms with Crippen molar-refractivity contribution in [3.63, 3.8) is 0 Å². The molecule has 0 bridgehead atoms. The van der Waals surface area contributed by atoms with E-state index in [-0.39, 0.29) is 5.78 Å². The predicted octanol–water partition coefficient (Wildman–Crippen LogP) is 4.59. The first-order chi connectivity index (χ1) is 9.25. The lowest BCUT2D eigenvalue weighted by molar-refractivity contribution is -0.109. The predicted molar refractivity (Wildman–Crippen MR) is 82.5 cm³/mol. The maximum absolute atomic E-state index is 12.1. The zero-order valence-electron chi connectivity index (χ0n) is 10.1. The van der Waals surface area contributed by atoms with Crippen LogP contribution in [0.4, 0.5) is 0 Å². The zero-order chi connectivity index (χ0) is 13.2. The average Bonchev–Trinajstić information content (AvgIpc) is 2.44. The van der Waals surface area contributed by atoms with Gasteiger partial charge >= 0.3 is 0 Å². The second kappa shape index (κ2) is 4.98. The highest BCUT2D eigenvalue weighted by Crippen LogP contribution is 2.29. The number of hydrogen-bond donors (Lipinski definition) is 0. The summed E-state index contributed by atoms with van der Waals surface area (Å²) < 4.78 is 0.988. The summed E-state index contributed by atoms with van der Waals surface area (Å²) >= 11 is 3.51. The lowest BCUT2D eigenvalue weighted by Crippen LogP contribution is -2.04. The van der Waals surface area contributed by atoms with Gasteiger partial charge < -0.3 is 0 Å². The van der Waals surface area contributed by atoms with Gasteiger partial charge in [0.1, 0.15) is 0 Å². The number of rotatable bonds is 1. The Kier molecular flexibility index (Phi) is 3.18. The Morgan fingerprint density at radius 3 is 2.47 bits per heavy atom. The van der Waals surface area contributed by atoms with Crippen LogP contribution in [0.3, 0.4) is 0 Å². The SMILES string of the molecule is O=C1C=Cc2ccccc2/C1=C\c1ccccc1Br. The summed E-state index contributed by atoms with van der Waals surface area (Å²) in [6.07, 6.45) is 5.44. The third kappa shape index (κ3) is 2.32. The molecule has 0 fully saturated rings. The number of carbonyl (C=O) groups excluding carboxylic acids is 1. The molecule has 0 radical (unpaired) electrons. The molecule has 2 aromatic rings. The van der Waals surface area contributed by atoms with E-state index in [0.29, 0.717) is 0 Å². The molecule has 2 aromatic carbocycles. The molecule has 1 nitrogen and oxygen atoms in total. The Hall–Kier alpha value is -1.93. The molecular formula is C17H11BrO. The van der Waals surface area contributed by atoms with E-state index in [0.717, 1.165) is 26.7 Å². The van der Waals surface area contributed by atoms with Gasteiger partial charge in [-0.15, -0.1) is 0 Å². The minimum atomic E-state index is 0.0504. The summed E-state index contributed by atoms with van der Waals surface area (Å²) in [6, 6.07) is 15.8. The molecule has 0 aliphatic heterocycles. The highest BCUT2D eigenvalue weighted by atomic mass is 79.9. The molecule has 0 unspecified atom stereocenters. The topological polar surface area (TPSA) is 17.1 Å². The van der Waals surface area contributed by atoms with Gasteiger partial charge in [0.25, 0.3) is 0 Å². The van der Waals surface area contributed by atoms with Crippen LogP contribution in [0.2, 0.25) is 0 Å². The van der Waals surface area contributed by atoms with Crippen LogP contribution in [-0.2, 0) is 4.79 Å². The highest BCUT2D eigenvalue weighted by Gasteiger charge is 2.16. The first-order valence-corrected chi connectivity index (χ1v) is 6.83. The normalized spacial score (nSPS) is 15.6. The molecule has 0 spiro atoms. The van der Waals surface area contributed by atoms with Gasteiger partial charge in [0, 0.05) is 10.0 Å². The number of allylic oxidation sites excluding steroid dienone is 2. The molecule has 0 amide bonds. The van der Waals surface area contributed by atoms with Crippen molar-refractivity contribution in [2.45, 2.75) is 0 Å².